The summed E-state index contributed by atoms with van der Waals surface area (Å²) in [6.07, 6.45) is 3.67. The maximum absolute atomic E-state index is 11.6. The topological polar surface area (TPSA) is 108 Å². The van der Waals surface area contributed by atoms with E-state index in [0.717, 1.165) is 22.0 Å². The molecule has 2 N–H and O–H groups in total. The van der Waals surface area contributed by atoms with Crippen molar-refractivity contribution in [2.24, 2.45) is 5.14 Å². The number of nitrogens with two attached hydrogens (primary N) is 1. The summed E-state index contributed by atoms with van der Waals surface area (Å²) in [5.74, 6) is -0.227. The molecule has 4 rings (SSSR count). The third kappa shape index (κ3) is 3.01. The van der Waals surface area contributed by atoms with Crippen molar-refractivity contribution in [1.82, 2.24) is 19.5 Å². The standard InChI is InChI=1S/C18H14N6O2S/c1-11-3-5-14-16-12(9-21-17(14)22-11)7-8-24(16)10-13-4-6-15(27(19,25)26)18(20-2)23-13/h3-9H,10H2,1H3,(H2,19,25,26). The highest BCUT2D eigenvalue weighted by molar-refractivity contribution is 7.89. The molecule has 8 nitrogen and oxygen atoms in total. The maximum Gasteiger partial charge on any atom is 0.290 e. The second kappa shape index (κ2) is 6.12. The van der Waals surface area contributed by atoms with Gasteiger partial charge in [-0.25, -0.2) is 23.5 Å². The minimum Gasteiger partial charge on any atom is -0.360 e. The number of rotatable bonds is 3. The van der Waals surface area contributed by atoms with Gasteiger partial charge in [0.05, 0.1) is 12.1 Å². The van der Waals surface area contributed by atoms with Crippen LogP contribution in [0.4, 0.5) is 5.82 Å². The van der Waals surface area contributed by atoms with Gasteiger partial charge in [0.15, 0.2) is 11.3 Å². The van der Waals surface area contributed by atoms with Crippen molar-refractivity contribution in [2.75, 3.05) is 0 Å². The Morgan fingerprint density at radius 2 is 2.00 bits per heavy atom. The third-order valence-corrected chi connectivity index (χ3v) is 5.16. The quantitative estimate of drug-likeness (QED) is 0.551. The largest absolute Gasteiger partial charge is 0.360 e. The zero-order valence-corrected chi connectivity index (χ0v) is 15.1. The molecule has 0 amide bonds. The molecule has 0 unspecified atom stereocenters. The number of pyridine rings is 3. The summed E-state index contributed by atoms with van der Waals surface area (Å²) in [5, 5.41) is 7.01. The zero-order chi connectivity index (χ0) is 19.2. The Kier molecular flexibility index (Phi) is 3.87. The number of hydrogen-bond acceptors (Lipinski definition) is 5. The SMILES string of the molecule is [C-]#[N+]c1nc(Cn2ccc3cnc4nc(C)ccc4c32)ccc1S(N)(=O)=O. The van der Waals surface area contributed by atoms with Crippen molar-refractivity contribution < 1.29 is 8.42 Å². The smallest absolute Gasteiger partial charge is 0.290 e. The zero-order valence-electron chi connectivity index (χ0n) is 14.3. The summed E-state index contributed by atoms with van der Waals surface area (Å²) in [5.41, 5.74) is 3.04. The molecule has 27 heavy (non-hydrogen) atoms. The van der Waals surface area contributed by atoms with Crippen LogP contribution in [-0.4, -0.2) is 27.9 Å². The van der Waals surface area contributed by atoms with Gasteiger partial charge in [0.1, 0.15) is 4.90 Å². The fraction of sp³-hybridized carbons (Fsp3) is 0.111. The molecule has 0 aliphatic rings. The fourth-order valence-corrected chi connectivity index (χ4v) is 3.64. The van der Waals surface area contributed by atoms with E-state index in [1.807, 2.05) is 35.9 Å². The number of primary sulfonamides is 1. The molecule has 4 aromatic rings. The van der Waals surface area contributed by atoms with Crippen molar-refractivity contribution in [3.8, 4) is 0 Å². The Hall–Kier alpha value is -3.35. The van der Waals surface area contributed by atoms with Gasteiger partial charge in [0.25, 0.3) is 5.82 Å². The molecule has 4 heterocycles. The van der Waals surface area contributed by atoms with Gasteiger partial charge < -0.3 is 9.41 Å². The average Bonchev–Trinajstić information content (AvgIpc) is 3.03. The van der Waals surface area contributed by atoms with Crippen molar-refractivity contribution in [3.63, 3.8) is 0 Å². The Morgan fingerprint density at radius 3 is 2.74 bits per heavy atom. The third-order valence-electron chi connectivity index (χ3n) is 4.23. The Bertz CT molecular complexity index is 1350. The highest BCUT2D eigenvalue weighted by Gasteiger charge is 2.18. The summed E-state index contributed by atoms with van der Waals surface area (Å²) in [7, 11) is -3.99. The molecule has 0 aliphatic carbocycles. The average molecular weight is 378 g/mol. The van der Waals surface area contributed by atoms with Crippen LogP contribution in [0.2, 0.25) is 0 Å². The van der Waals surface area contributed by atoms with Crippen LogP contribution in [-0.2, 0) is 16.6 Å². The fourth-order valence-electron chi connectivity index (χ4n) is 3.03. The van der Waals surface area contributed by atoms with Crippen molar-refractivity contribution >= 4 is 37.8 Å². The number of nitrogens with zero attached hydrogens (tertiary/aromatic N) is 5. The summed E-state index contributed by atoms with van der Waals surface area (Å²) in [4.78, 5) is 16.0. The van der Waals surface area contributed by atoms with Gasteiger partial charge in [-0.1, -0.05) is 6.57 Å². The first-order valence-corrected chi connectivity index (χ1v) is 9.53. The van der Waals surface area contributed by atoms with Crippen LogP contribution in [0.25, 0.3) is 26.8 Å². The van der Waals surface area contributed by atoms with Gasteiger partial charge in [-0.3, -0.25) is 0 Å². The Balaban J connectivity index is 1.84. The van der Waals surface area contributed by atoms with Gasteiger partial charge in [0, 0.05) is 28.9 Å². The monoisotopic (exact) mass is 378 g/mol. The van der Waals surface area contributed by atoms with Crippen LogP contribution in [0.1, 0.15) is 11.4 Å². The molecule has 0 saturated heterocycles. The van der Waals surface area contributed by atoms with Crippen LogP contribution < -0.4 is 5.14 Å². The minimum atomic E-state index is -3.99. The minimum absolute atomic E-state index is 0.227. The molecule has 0 aromatic carbocycles. The molecule has 134 valence electrons. The predicted octanol–water partition coefficient (Wildman–Crippen LogP) is 2.53. The Labute approximate surface area is 155 Å². The number of sulfonamides is 1. The van der Waals surface area contributed by atoms with E-state index in [1.54, 1.807) is 12.3 Å². The molecular formula is C18H14N6O2S. The van der Waals surface area contributed by atoms with E-state index in [2.05, 4.69) is 19.8 Å². The van der Waals surface area contributed by atoms with Crippen LogP contribution in [0, 0.1) is 13.5 Å². The lowest BCUT2D eigenvalue weighted by molar-refractivity contribution is 0.598. The highest BCUT2D eigenvalue weighted by atomic mass is 32.2. The summed E-state index contributed by atoms with van der Waals surface area (Å²) < 4.78 is 25.1. The number of fused-ring (bicyclic) bond motifs is 3. The molecule has 0 spiro atoms. The summed E-state index contributed by atoms with van der Waals surface area (Å²) in [6, 6.07) is 8.73. The molecular weight excluding hydrogens is 364 g/mol. The maximum atomic E-state index is 11.6. The first-order chi connectivity index (χ1) is 12.9. The molecule has 0 atom stereocenters. The van der Waals surface area contributed by atoms with Gasteiger partial charge in [-0.15, -0.1) is 4.98 Å². The summed E-state index contributed by atoms with van der Waals surface area (Å²) >= 11 is 0. The van der Waals surface area contributed by atoms with Crippen LogP contribution in [0.15, 0.2) is 47.6 Å². The predicted molar refractivity (Wildman–Crippen MR) is 101 cm³/mol. The molecule has 0 bridgehead atoms. The lowest BCUT2D eigenvalue weighted by Crippen LogP contribution is -2.13. The van der Waals surface area contributed by atoms with E-state index < -0.39 is 10.0 Å². The Morgan fingerprint density at radius 1 is 1.19 bits per heavy atom. The van der Waals surface area contributed by atoms with Gasteiger partial charge >= 0.3 is 0 Å². The molecule has 0 fully saturated rings. The molecule has 0 aliphatic heterocycles. The van der Waals surface area contributed by atoms with E-state index in [4.69, 9.17) is 11.7 Å². The van der Waals surface area contributed by atoms with Gasteiger partial charge in [-0.2, -0.15) is 0 Å². The van der Waals surface area contributed by atoms with E-state index in [0.29, 0.717) is 17.9 Å². The molecule has 4 aromatic heterocycles. The second-order valence-electron chi connectivity index (χ2n) is 6.11. The van der Waals surface area contributed by atoms with Crippen LogP contribution >= 0.6 is 0 Å². The van der Waals surface area contributed by atoms with Crippen LogP contribution in [0.5, 0.6) is 0 Å². The van der Waals surface area contributed by atoms with Crippen molar-refractivity contribution in [2.45, 2.75) is 18.4 Å². The van der Waals surface area contributed by atoms with Gasteiger partial charge in [-0.05, 0) is 37.3 Å². The number of aromatic nitrogens is 4. The van der Waals surface area contributed by atoms with Crippen molar-refractivity contribution in [1.29, 1.82) is 0 Å². The van der Waals surface area contributed by atoms with E-state index in [1.165, 1.54) is 6.07 Å². The lowest BCUT2D eigenvalue weighted by Gasteiger charge is -2.07. The van der Waals surface area contributed by atoms with E-state index in [9.17, 15) is 8.42 Å². The molecule has 0 saturated carbocycles. The normalized spacial score (nSPS) is 11.7. The molecule has 9 heteroatoms. The first-order valence-electron chi connectivity index (χ1n) is 7.98. The number of aryl methyl sites for hydroxylation is 1. The van der Waals surface area contributed by atoms with Gasteiger partial charge in [0.2, 0.25) is 10.0 Å². The van der Waals surface area contributed by atoms with Crippen molar-refractivity contribution in [3.05, 3.63) is 65.5 Å². The second-order valence-corrected chi connectivity index (χ2v) is 7.64. The highest BCUT2D eigenvalue weighted by Crippen LogP contribution is 2.26. The van der Waals surface area contributed by atoms with Crippen LogP contribution in [0.3, 0.4) is 0 Å². The van der Waals surface area contributed by atoms with E-state index >= 15 is 0 Å². The number of hydrogen-bond donors (Lipinski definition) is 1. The lowest BCUT2D eigenvalue weighted by atomic mass is 10.2. The molecule has 0 radical (unpaired) electrons. The van der Waals surface area contributed by atoms with E-state index in [-0.39, 0.29) is 10.7 Å². The first kappa shape index (κ1) is 17.1. The summed E-state index contributed by atoms with van der Waals surface area (Å²) in [6.45, 7) is 9.46.